The van der Waals surface area contributed by atoms with Crippen LogP contribution in [0.4, 0.5) is 5.69 Å². The summed E-state index contributed by atoms with van der Waals surface area (Å²) in [5, 5.41) is 0. The predicted octanol–water partition coefficient (Wildman–Crippen LogP) is 4.19. The van der Waals surface area contributed by atoms with Gasteiger partial charge in [-0.05, 0) is 23.3 Å². The molecule has 1 amide bonds. The molecule has 1 saturated heterocycles. The van der Waals surface area contributed by atoms with Gasteiger partial charge in [-0.1, -0.05) is 72.8 Å². The molecule has 2 heterocycles. The maximum Gasteiger partial charge on any atom is 0.224 e. The lowest BCUT2D eigenvalue weighted by molar-refractivity contribution is -0.133. The molecular formula is C28H31N3O2. The molecule has 3 aromatic rings. The second kappa shape index (κ2) is 10.1. The maximum absolute atomic E-state index is 13.3. The number of carbonyl (C=O) groups is 1. The Kier molecular flexibility index (Phi) is 6.58. The van der Waals surface area contributed by atoms with E-state index in [1.165, 1.54) is 11.1 Å². The summed E-state index contributed by atoms with van der Waals surface area (Å²) in [5.74, 6) is 1.12. The van der Waals surface area contributed by atoms with Crippen molar-refractivity contribution in [1.82, 2.24) is 9.80 Å². The lowest BCUT2D eigenvalue weighted by atomic mass is 10.1. The van der Waals surface area contributed by atoms with Crippen LogP contribution in [0, 0.1) is 0 Å². The van der Waals surface area contributed by atoms with Crippen molar-refractivity contribution in [3.8, 4) is 5.75 Å². The highest BCUT2D eigenvalue weighted by molar-refractivity contribution is 5.78. The Balaban J connectivity index is 1.22. The van der Waals surface area contributed by atoms with Gasteiger partial charge in [-0.3, -0.25) is 9.69 Å². The van der Waals surface area contributed by atoms with Gasteiger partial charge in [-0.25, -0.2) is 0 Å². The molecule has 0 aromatic heterocycles. The monoisotopic (exact) mass is 441 g/mol. The van der Waals surface area contributed by atoms with Crippen molar-refractivity contribution in [1.29, 1.82) is 0 Å². The number of ether oxygens (including phenoxy) is 1. The minimum absolute atomic E-state index is 0.0231. The molecule has 2 aliphatic rings. The molecule has 0 N–H and O–H groups in total. The summed E-state index contributed by atoms with van der Waals surface area (Å²) in [6.45, 7) is 5.65. The molecule has 0 saturated carbocycles. The quantitative estimate of drug-likeness (QED) is 0.575. The van der Waals surface area contributed by atoms with Crippen LogP contribution >= 0.6 is 0 Å². The number of amides is 1. The lowest BCUT2D eigenvalue weighted by Gasteiger charge is -2.40. The molecule has 3 aromatic carbocycles. The van der Waals surface area contributed by atoms with E-state index in [0.29, 0.717) is 13.0 Å². The first-order chi connectivity index (χ1) is 16.3. The third-order valence-electron chi connectivity index (χ3n) is 6.63. The zero-order valence-electron chi connectivity index (χ0n) is 19.0. The van der Waals surface area contributed by atoms with E-state index in [2.05, 4.69) is 70.5 Å². The minimum Gasteiger partial charge on any atom is -0.489 e. The summed E-state index contributed by atoms with van der Waals surface area (Å²) < 4.78 is 6.06. The number of piperazine rings is 1. The average Bonchev–Trinajstić information content (AvgIpc) is 2.87. The number of nitrogens with zero attached hydrogens (tertiary/aromatic N) is 3. The number of hydrogen-bond donors (Lipinski definition) is 0. The van der Waals surface area contributed by atoms with Gasteiger partial charge in [0.25, 0.3) is 0 Å². The number of carbonyl (C=O) groups excluding carboxylic acids is 1. The smallest absolute Gasteiger partial charge is 0.224 e. The molecule has 0 spiro atoms. The fourth-order valence-corrected chi connectivity index (χ4v) is 4.78. The Hall–Kier alpha value is -3.31. The second-order valence-electron chi connectivity index (χ2n) is 8.89. The zero-order valence-corrected chi connectivity index (χ0v) is 19.0. The summed E-state index contributed by atoms with van der Waals surface area (Å²) in [5.41, 5.74) is 3.63. The number of para-hydroxylation sites is 2. The summed E-state index contributed by atoms with van der Waals surface area (Å²) >= 11 is 0. The fraction of sp³-hybridized carbons (Fsp3) is 0.321. The van der Waals surface area contributed by atoms with Gasteiger partial charge < -0.3 is 14.5 Å². The highest BCUT2D eigenvalue weighted by Gasteiger charge is 2.31. The first-order valence-corrected chi connectivity index (χ1v) is 11.8. The van der Waals surface area contributed by atoms with Crippen LogP contribution in [0.15, 0.2) is 84.9 Å². The van der Waals surface area contributed by atoms with E-state index in [0.717, 1.165) is 50.7 Å². The van der Waals surface area contributed by atoms with Gasteiger partial charge >= 0.3 is 0 Å². The van der Waals surface area contributed by atoms with Crippen molar-refractivity contribution >= 4 is 11.6 Å². The number of rotatable bonds is 6. The van der Waals surface area contributed by atoms with Crippen LogP contribution in [0.5, 0.6) is 5.75 Å². The average molecular weight is 442 g/mol. The van der Waals surface area contributed by atoms with Gasteiger partial charge in [0.2, 0.25) is 5.91 Å². The fourth-order valence-electron chi connectivity index (χ4n) is 4.78. The van der Waals surface area contributed by atoms with E-state index >= 15 is 0 Å². The molecule has 5 heteroatoms. The minimum atomic E-state index is 0.0231. The van der Waals surface area contributed by atoms with Crippen LogP contribution < -0.4 is 9.64 Å². The molecule has 0 aliphatic carbocycles. The zero-order chi connectivity index (χ0) is 22.5. The molecule has 5 rings (SSSR count). The van der Waals surface area contributed by atoms with Crippen LogP contribution in [0.25, 0.3) is 0 Å². The SMILES string of the molecule is O=C(CC1COc2ccccc2N1Cc1ccccc1)N1CCN(Cc2ccccc2)CC1. The van der Waals surface area contributed by atoms with E-state index in [1.807, 2.05) is 29.2 Å². The standard InChI is InChI=1S/C28H31N3O2/c32-28(30-17-15-29(16-18-30)20-23-9-3-1-4-10-23)19-25-22-33-27-14-8-7-13-26(27)31(25)21-24-11-5-2-6-12-24/h1-14,25H,15-22H2. The van der Waals surface area contributed by atoms with E-state index in [-0.39, 0.29) is 11.9 Å². The van der Waals surface area contributed by atoms with Crippen LogP contribution in [-0.4, -0.2) is 54.5 Å². The van der Waals surface area contributed by atoms with E-state index in [1.54, 1.807) is 0 Å². The largest absolute Gasteiger partial charge is 0.489 e. The number of benzene rings is 3. The van der Waals surface area contributed by atoms with Crippen molar-refractivity contribution in [2.75, 3.05) is 37.7 Å². The number of fused-ring (bicyclic) bond motifs is 1. The number of anilines is 1. The van der Waals surface area contributed by atoms with Crippen molar-refractivity contribution in [2.24, 2.45) is 0 Å². The Morgan fingerprint density at radius 3 is 2.06 bits per heavy atom. The molecule has 5 nitrogen and oxygen atoms in total. The highest BCUT2D eigenvalue weighted by atomic mass is 16.5. The topological polar surface area (TPSA) is 36.0 Å². The van der Waals surface area contributed by atoms with E-state index < -0.39 is 0 Å². The summed E-state index contributed by atoms with van der Waals surface area (Å²) in [6, 6.07) is 29.2. The van der Waals surface area contributed by atoms with Crippen LogP contribution in [0.3, 0.4) is 0 Å². The van der Waals surface area contributed by atoms with Crippen molar-refractivity contribution in [3.05, 3.63) is 96.1 Å². The maximum atomic E-state index is 13.3. The summed E-state index contributed by atoms with van der Waals surface area (Å²) in [7, 11) is 0. The van der Waals surface area contributed by atoms with Crippen LogP contribution in [-0.2, 0) is 17.9 Å². The molecule has 2 aliphatic heterocycles. The second-order valence-corrected chi connectivity index (χ2v) is 8.89. The van der Waals surface area contributed by atoms with Gasteiger partial charge in [0.15, 0.2) is 0 Å². The van der Waals surface area contributed by atoms with Gasteiger partial charge in [-0.2, -0.15) is 0 Å². The summed E-state index contributed by atoms with van der Waals surface area (Å²) in [4.78, 5) is 20.1. The Morgan fingerprint density at radius 1 is 0.758 bits per heavy atom. The van der Waals surface area contributed by atoms with Crippen molar-refractivity contribution in [2.45, 2.75) is 25.6 Å². The third-order valence-corrected chi connectivity index (χ3v) is 6.63. The Bertz CT molecular complexity index is 1050. The third kappa shape index (κ3) is 5.20. The van der Waals surface area contributed by atoms with Gasteiger partial charge in [0.1, 0.15) is 12.4 Å². The van der Waals surface area contributed by atoms with Crippen LogP contribution in [0.1, 0.15) is 17.5 Å². The van der Waals surface area contributed by atoms with Gasteiger partial charge in [0, 0.05) is 39.3 Å². The van der Waals surface area contributed by atoms with Gasteiger partial charge in [-0.15, -0.1) is 0 Å². The number of hydrogen-bond acceptors (Lipinski definition) is 4. The molecule has 1 atom stereocenters. The van der Waals surface area contributed by atoms with Crippen molar-refractivity contribution < 1.29 is 9.53 Å². The highest BCUT2D eigenvalue weighted by Crippen LogP contribution is 2.35. The Labute approximate surface area is 196 Å². The molecule has 170 valence electrons. The first-order valence-electron chi connectivity index (χ1n) is 11.8. The molecule has 1 fully saturated rings. The molecule has 0 bridgehead atoms. The first kappa shape index (κ1) is 21.5. The van der Waals surface area contributed by atoms with Crippen molar-refractivity contribution in [3.63, 3.8) is 0 Å². The molecule has 33 heavy (non-hydrogen) atoms. The molecule has 1 unspecified atom stereocenters. The van der Waals surface area contributed by atoms with E-state index in [4.69, 9.17) is 4.74 Å². The van der Waals surface area contributed by atoms with Gasteiger partial charge in [0.05, 0.1) is 18.2 Å². The lowest BCUT2D eigenvalue weighted by Crippen LogP contribution is -2.51. The Morgan fingerprint density at radius 2 is 1.36 bits per heavy atom. The summed E-state index contributed by atoms with van der Waals surface area (Å²) in [6.07, 6.45) is 0.472. The van der Waals surface area contributed by atoms with Crippen LogP contribution in [0.2, 0.25) is 0 Å². The normalized spacial score (nSPS) is 18.5. The molecule has 0 radical (unpaired) electrons. The predicted molar refractivity (Wildman–Crippen MR) is 131 cm³/mol. The molecular weight excluding hydrogens is 410 g/mol. The van der Waals surface area contributed by atoms with E-state index in [9.17, 15) is 4.79 Å².